The van der Waals surface area contributed by atoms with E-state index < -0.39 is 12.1 Å². The zero-order chi connectivity index (χ0) is 15.0. The van der Waals surface area contributed by atoms with Crippen molar-refractivity contribution in [2.45, 2.75) is 12.5 Å². The maximum absolute atomic E-state index is 11.6. The second-order valence-corrected chi connectivity index (χ2v) is 4.20. The molecule has 6 nitrogen and oxygen atoms in total. The molecule has 0 heterocycles. The van der Waals surface area contributed by atoms with Gasteiger partial charge in [0.25, 0.3) is 0 Å². The average Bonchev–Trinajstić information content (AvgIpc) is 2.40. The third kappa shape index (κ3) is 6.01. The summed E-state index contributed by atoms with van der Waals surface area (Å²) in [5, 5.41) is 11.2. The minimum Gasteiger partial charge on any atom is -0.481 e. The van der Waals surface area contributed by atoms with Crippen LogP contribution in [0, 0.1) is 0 Å². The molecule has 108 valence electrons. The number of hydrogen-bond acceptors (Lipinski definition) is 4. The standard InChI is InChI=1S/C14H18N2O4/c1-20-12(8-14(18)19)9-16-13(17)6-5-10-3-2-4-11(15)7-10/h2-7,12H,8-9,15H2,1H3,(H,16,17)(H,18,19)/b6-5+. The van der Waals surface area contributed by atoms with Gasteiger partial charge in [-0.15, -0.1) is 0 Å². The molecule has 0 aliphatic rings. The number of amides is 1. The normalized spacial score (nSPS) is 12.2. The van der Waals surface area contributed by atoms with Crippen molar-refractivity contribution in [1.29, 1.82) is 0 Å². The number of anilines is 1. The van der Waals surface area contributed by atoms with E-state index in [0.29, 0.717) is 5.69 Å². The van der Waals surface area contributed by atoms with Gasteiger partial charge >= 0.3 is 5.97 Å². The summed E-state index contributed by atoms with van der Waals surface area (Å²) in [4.78, 5) is 22.1. The van der Waals surface area contributed by atoms with Gasteiger partial charge in [-0.3, -0.25) is 9.59 Å². The first-order chi connectivity index (χ1) is 9.51. The number of carboxylic acids is 1. The molecule has 1 unspecified atom stereocenters. The number of carboxylic acid groups (broad SMARTS) is 1. The average molecular weight is 278 g/mol. The Kier molecular flexibility index (Phi) is 6.25. The molecule has 1 aromatic rings. The summed E-state index contributed by atoms with van der Waals surface area (Å²) in [6.07, 6.45) is 2.29. The Morgan fingerprint density at radius 2 is 2.25 bits per heavy atom. The van der Waals surface area contributed by atoms with Crippen molar-refractivity contribution >= 4 is 23.6 Å². The summed E-state index contributed by atoms with van der Waals surface area (Å²) < 4.78 is 4.95. The van der Waals surface area contributed by atoms with E-state index in [4.69, 9.17) is 15.6 Å². The summed E-state index contributed by atoms with van der Waals surface area (Å²) in [7, 11) is 1.41. The molecule has 0 fully saturated rings. The predicted octanol–water partition coefficient (Wildman–Crippen LogP) is 0.888. The lowest BCUT2D eigenvalue weighted by atomic mass is 10.2. The number of nitrogens with one attached hydrogen (secondary N) is 1. The quantitative estimate of drug-likeness (QED) is 0.508. The number of carbonyl (C=O) groups excluding carboxylic acids is 1. The zero-order valence-corrected chi connectivity index (χ0v) is 11.2. The van der Waals surface area contributed by atoms with Crippen molar-refractivity contribution in [1.82, 2.24) is 5.32 Å². The van der Waals surface area contributed by atoms with Crippen molar-refractivity contribution in [3.8, 4) is 0 Å². The van der Waals surface area contributed by atoms with Crippen LogP contribution in [0.4, 0.5) is 5.69 Å². The fraction of sp³-hybridized carbons (Fsp3) is 0.286. The highest BCUT2D eigenvalue weighted by atomic mass is 16.5. The number of nitrogen functional groups attached to an aromatic ring is 1. The van der Waals surface area contributed by atoms with Crippen LogP contribution in [0.1, 0.15) is 12.0 Å². The Labute approximate surface area is 117 Å². The minimum atomic E-state index is -0.971. The Bertz CT molecular complexity index is 500. The van der Waals surface area contributed by atoms with Crippen LogP contribution in [0.2, 0.25) is 0 Å². The number of ether oxygens (including phenoxy) is 1. The molecule has 1 atom stereocenters. The van der Waals surface area contributed by atoms with Gasteiger partial charge in [0.15, 0.2) is 0 Å². The van der Waals surface area contributed by atoms with E-state index >= 15 is 0 Å². The van der Waals surface area contributed by atoms with Crippen molar-refractivity contribution < 1.29 is 19.4 Å². The van der Waals surface area contributed by atoms with Crippen LogP contribution in [0.25, 0.3) is 6.08 Å². The van der Waals surface area contributed by atoms with E-state index in [-0.39, 0.29) is 18.9 Å². The van der Waals surface area contributed by atoms with Crippen LogP contribution in [0.3, 0.4) is 0 Å². The lowest BCUT2D eigenvalue weighted by Crippen LogP contribution is -2.33. The van der Waals surface area contributed by atoms with E-state index in [1.54, 1.807) is 24.3 Å². The molecular weight excluding hydrogens is 260 g/mol. The molecule has 0 radical (unpaired) electrons. The second-order valence-electron chi connectivity index (χ2n) is 4.20. The number of nitrogens with two attached hydrogens (primary N) is 1. The first-order valence-electron chi connectivity index (χ1n) is 6.07. The fourth-order valence-electron chi connectivity index (χ4n) is 1.54. The summed E-state index contributed by atoms with van der Waals surface area (Å²) in [6.45, 7) is 0.142. The first-order valence-corrected chi connectivity index (χ1v) is 6.07. The Morgan fingerprint density at radius 1 is 1.50 bits per heavy atom. The van der Waals surface area contributed by atoms with Crippen molar-refractivity contribution in [3.63, 3.8) is 0 Å². The molecule has 20 heavy (non-hydrogen) atoms. The molecular formula is C14H18N2O4. The molecule has 6 heteroatoms. The molecule has 1 amide bonds. The summed E-state index contributed by atoms with van der Waals surface area (Å²) in [5.74, 6) is -1.29. The summed E-state index contributed by atoms with van der Waals surface area (Å²) in [6, 6.07) is 7.11. The van der Waals surface area contributed by atoms with E-state index in [1.807, 2.05) is 6.07 Å². The van der Waals surface area contributed by atoms with Gasteiger partial charge < -0.3 is 20.9 Å². The number of aliphatic carboxylic acids is 1. The molecule has 0 aromatic heterocycles. The number of carbonyl (C=O) groups is 2. The monoisotopic (exact) mass is 278 g/mol. The zero-order valence-electron chi connectivity index (χ0n) is 11.2. The van der Waals surface area contributed by atoms with Gasteiger partial charge in [0.05, 0.1) is 12.5 Å². The molecule has 0 spiro atoms. The van der Waals surface area contributed by atoms with Crippen molar-refractivity contribution in [2.24, 2.45) is 0 Å². The van der Waals surface area contributed by atoms with Gasteiger partial charge in [0.1, 0.15) is 0 Å². The molecule has 1 rings (SSSR count). The van der Waals surface area contributed by atoms with Gasteiger partial charge in [0.2, 0.25) is 5.91 Å². The molecule has 0 aliphatic heterocycles. The van der Waals surface area contributed by atoms with Crippen LogP contribution in [-0.4, -0.2) is 36.7 Å². The van der Waals surface area contributed by atoms with Gasteiger partial charge in [-0.05, 0) is 23.8 Å². The van der Waals surface area contributed by atoms with Gasteiger partial charge in [-0.1, -0.05) is 12.1 Å². The van der Waals surface area contributed by atoms with Gasteiger partial charge in [-0.25, -0.2) is 0 Å². The largest absolute Gasteiger partial charge is 0.481 e. The van der Waals surface area contributed by atoms with Gasteiger partial charge in [-0.2, -0.15) is 0 Å². The molecule has 0 bridgehead atoms. The maximum Gasteiger partial charge on any atom is 0.306 e. The molecule has 0 saturated heterocycles. The third-order valence-electron chi connectivity index (χ3n) is 2.58. The Balaban J connectivity index is 2.45. The first kappa shape index (κ1) is 15.7. The SMILES string of the molecule is COC(CNC(=O)/C=C/c1cccc(N)c1)CC(=O)O. The van der Waals surface area contributed by atoms with Crippen LogP contribution < -0.4 is 11.1 Å². The number of hydrogen-bond donors (Lipinski definition) is 3. The van der Waals surface area contributed by atoms with Crippen LogP contribution in [0.5, 0.6) is 0 Å². The smallest absolute Gasteiger partial charge is 0.306 e. The third-order valence-corrected chi connectivity index (χ3v) is 2.58. The fourth-order valence-corrected chi connectivity index (χ4v) is 1.54. The maximum atomic E-state index is 11.6. The highest BCUT2D eigenvalue weighted by Gasteiger charge is 2.12. The van der Waals surface area contributed by atoms with Crippen molar-refractivity contribution in [3.05, 3.63) is 35.9 Å². The number of rotatable bonds is 7. The molecule has 4 N–H and O–H groups in total. The van der Waals surface area contributed by atoms with E-state index in [2.05, 4.69) is 5.32 Å². The number of methoxy groups -OCH3 is 1. The van der Waals surface area contributed by atoms with Crippen LogP contribution in [0.15, 0.2) is 30.3 Å². The molecule has 0 saturated carbocycles. The molecule has 0 aliphatic carbocycles. The van der Waals surface area contributed by atoms with E-state index in [1.165, 1.54) is 13.2 Å². The lowest BCUT2D eigenvalue weighted by Gasteiger charge is -2.12. The Hall–Kier alpha value is -2.34. The van der Waals surface area contributed by atoms with Gasteiger partial charge in [0, 0.05) is 25.4 Å². The summed E-state index contributed by atoms with van der Waals surface area (Å²) in [5.41, 5.74) is 7.05. The lowest BCUT2D eigenvalue weighted by molar-refractivity contribution is -0.140. The molecule has 1 aromatic carbocycles. The van der Waals surface area contributed by atoms with Crippen LogP contribution in [-0.2, 0) is 14.3 Å². The van der Waals surface area contributed by atoms with E-state index in [9.17, 15) is 9.59 Å². The predicted molar refractivity (Wildman–Crippen MR) is 75.9 cm³/mol. The van der Waals surface area contributed by atoms with Crippen LogP contribution >= 0.6 is 0 Å². The minimum absolute atomic E-state index is 0.142. The highest BCUT2D eigenvalue weighted by Crippen LogP contribution is 2.07. The van der Waals surface area contributed by atoms with E-state index in [0.717, 1.165) is 5.56 Å². The number of benzene rings is 1. The summed E-state index contributed by atoms with van der Waals surface area (Å²) >= 11 is 0. The highest BCUT2D eigenvalue weighted by molar-refractivity contribution is 5.91. The Morgan fingerprint density at radius 3 is 2.85 bits per heavy atom. The van der Waals surface area contributed by atoms with Crippen molar-refractivity contribution in [2.75, 3.05) is 19.4 Å². The topological polar surface area (TPSA) is 102 Å². The second kappa shape index (κ2) is 7.96.